The second kappa shape index (κ2) is 7.36. The molecule has 1 rings (SSSR count). The first kappa shape index (κ1) is 17.4. The Hall–Kier alpha value is -1.69. The van der Waals surface area contributed by atoms with Crippen molar-refractivity contribution >= 4 is 5.91 Å². The number of hydrogen-bond donors (Lipinski definition) is 2. The van der Waals surface area contributed by atoms with Gasteiger partial charge in [0, 0.05) is 0 Å². The van der Waals surface area contributed by atoms with Crippen LogP contribution in [0.3, 0.4) is 0 Å². The number of halogens is 2. The quantitative estimate of drug-likeness (QED) is 0.813. The van der Waals surface area contributed by atoms with Gasteiger partial charge in [0.15, 0.2) is 0 Å². The Morgan fingerprint density at radius 3 is 2.71 bits per heavy atom. The predicted molar refractivity (Wildman–Crippen MR) is 77.1 cm³/mol. The fourth-order valence-electron chi connectivity index (χ4n) is 2.04. The van der Waals surface area contributed by atoms with Crippen LogP contribution in [0.2, 0.25) is 0 Å². The van der Waals surface area contributed by atoms with Crippen molar-refractivity contribution in [2.75, 3.05) is 0 Å². The van der Waals surface area contributed by atoms with Gasteiger partial charge in [-0.1, -0.05) is 25.5 Å². The molecule has 1 aromatic rings. The molecule has 0 bridgehead atoms. The molecule has 0 spiro atoms. The van der Waals surface area contributed by atoms with E-state index in [-0.39, 0.29) is 17.7 Å². The minimum absolute atomic E-state index is 0.0627. The topological polar surface area (TPSA) is 64.4 Å². The number of benzene rings is 1. The van der Waals surface area contributed by atoms with Crippen LogP contribution in [0.1, 0.15) is 45.2 Å². The number of ether oxygens (including phenoxy) is 1. The van der Waals surface area contributed by atoms with Crippen LogP contribution in [0.25, 0.3) is 0 Å². The fourth-order valence-corrected chi connectivity index (χ4v) is 2.04. The molecule has 0 saturated carbocycles. The van der Waals surface area contributed by atoms with Crippen LogP contribution in [0.5, 0.6) is 5.75 Å². The van der Waals surface area contributed by atoms with E-state index in [9.17, 15) is 13.6 Å². The summed E-state index contributed by atoms with van der Waals surface area (Å²) in [6, 6.07) is 5.90. The number of hydrogen-bond acceptors (Lipinski definition) is 3. The van der Waals surface area contributed by atoms with Crippen molar-refractivity contribution in [2.24, 2.45) is 5.73 Å². The zero-order chi connectivity index (χ0) is 16.0. The van der Waals surface area contributed by atoms with Crippen LogP contribution in [0.4, 0.5) is 8.78 Å². The maximum Gasteiger partial charge on any atom is 0.387 e. The molecule has 6 heteroatoms. The van der Waals surface area contributed by atoms with Crippen molar-refractivity contribution in [1.29, 1.82) is 0 Å². The van der Waals surface area contributed by atoms with Crippen LogP contribution in [-0.4, -0.2) is 18.1 Å². The molecule has 4 nitrogen and oxygen atoms in total. The summed E-state index contributed by atoms with van der Waals surface area (Å²) < 4.78 is 28.7. The minimum Gasteiger partial charge on any atom is -0.435 e. The second-order valence-electron chi connectivity index (χ2n) is 5.31. The lowest BCUT2D eigenvalue weighted by molar-refractivity contribution is -0.126. The van der Waals surface area contributed by atoms with E-state index in [4.69, 9.17) is 5.73 Å². The minimum atomic E-state index is -2.87. The molecule has 0 aromatic heterocycles. The Balaban J connectivity index is 2.75. The van der Waals surface area contributed by atoms with Crippen molar-refractivity contribution in [2.45, 2.75) is 51.8 Å². The molecular formula is C15H22F2N2O2. The molecular weight excluding hydrogens is 278 g/mol. The number of nitrogens with one attached hydrogen (secondary N) is 1. The highest BCUT2D eigenvalue weighted by Gasteiger charge is 2.28. The highest BCUT2D eigenvalue weighted by atomic mass is 19.3. The first-order valence-corrected chi connectivity index (χ1v) is 6.91. The molecule has 21 heavy (non-hydrogen) atoms. The van der Waals surface area contributed by atoms with Gasteiger partial charge in [0.2, 0.25) is 5.91 Å². The second-order valence-corrected chi connectivity index (χ2v) is 5.31. The van der Waals surface area contributed by atoms with Gasteiger partial charge >= 0.3 is 6.61 Å². The number of rotatable bonds is 7. The van der Waals surface area contributed by atoms with Gasteiger partial charge in [-0.2, -0.15) is 8.78 Å². The molecule has 0 aliphatic heterocycles. The normalized spacial score (nSPS) is 15.4. The number of carbonyl (C=O) groups is 1. The van der Waals surface area contributed by atoms with Crippen LogP contribution < -0.4 is 15.8 Å². The smallest absolute Gasteiger partial charge is 0.387 e. The summed E-state index contributed by atoms with van der Waals surface area (Å²) in [6.07, 6.45) is 1.37. The van der Waals surface area contributed by atoms with Gasteiger partial charge in [0.05, 0.1) is 11.6 Å². The van der Waals surface area contributed by atoms with E-state index in [2.05, 4.69) is 10.1 Å². The summed E-state index contributed by atoms with van der Waals surface area (Å²) in [4.78, 5) is 12.1. The van der Waals surface area contributed by atoms with Crippen LogP contribution in [-0.2, 0) is 4.79 Å². The molecule has 2 unspecified atom stereocenters. The molecule has 3 N–H and O–H groups in total. The monoisotopic (exact) mass is 300 g/mol. The molecule has 0 aliphatic rings. The highest BCUT2D eigenvalue weighted by Crippen LogP contribution is 2.21. The van der Waals surface area contributed by atoms with E-state index >= 15 is 0 Å². The van der Waals surface area contributed by atoms with Crippen LogP contribution in [0.15, 0.2) is 24.3 Å². The van der Waals surface area contributed by atoms with E-state index in [1.54, 1.807) is 26.0 Å². The van der Waals surface area contributed by atoms with E-state index in [0.29, 0.717) is 12.0 Å². The summed E-state index contributed by atoms with van der Waals surface area (Å²) in [5, 5.41) is 2.79. The third-order valence-corrected chi connectivity index (χ3v) is 3.22. The average molecular weight is 300 g/mol. The van der Waals surface area contributed by atoms with Crippen molar-refractivity contribution < 1.29 is 18.3 Å². The lowest BCUT2D eigenvalue weighted by Gasteiger charge is -2.25. The molecule has 0 saturated heterocycles. The molecule has 2 atom stereocenters. The van der Waals surface area contributed by atoms with Crippen molar-refractivity contribution in [3.05, 3.63) is 29.8 Å². The maximum absolute atomic E-state index is 12.2. The zero-order valence-corrected chi connectivity index (χ0v) is 12.5. The Morgan fingerprint density at radius 2 is 2.14 bits per heavy atom. The van der Waals surface area contributed by atoms with Crippen molar-refractivity contribution in [1.82, 2.24) is 5.32 Å². The first-order chi connectivity index (χ1) is 9.76. The molecule has 0 radical (unpaired) electrons. The lowest BCUT2D eigenvalue weighted by atomic mass is 9.95. The third kappa shape index (κ3) is 5.30. The molecule has 0 fully saturated rings. The van der Waals surface area contributed by atoms with Crippen LogP contribution >= 0.6 is 0 Å². The van der Waals surface area contributed by atoms with E-state index in [0.717, 1.165) is 6.42 Å². The summed E-state index contributed by atoms with van der Waals surface area (Å²) >= 11 is 0. The maximum atomic E-state index is 12.2. The Kier molecular flexibility index (Phi) is 6.08. The van der Waals surface area contributed by atoms with E-state index < -0.39 is 12.2 Å². The number of alkyl halides is 2. The van der Waals surface area contributed by atoms with E-state index in [1.165, 1.54) is 12.1 Å². The largest absolute Gasteiger partial charge is 0.435 e. The van der Waals surface area contributed by atoms with Gasteiger partial charge in [-0.3, -0.25) is 4.79 Å². The number of carbonyl (C=O) groups excluding carboxylic acids is 1. The summed E-state index contributed by atoms with van der Waals surface area (Å²) in [6.45, 7) is 2.52. The third-order valence-electron chi connectivity index (χ3n) is 3.22. The predicted octanol–water partition coefficient (Wildman–Crippen LogP) is 2.98. The van der Waals surface area contributed by atoms with Crippen molar-refractivity contribution in [3.8, 4) is 5.75 Å². The SMILES string of the molecule is CCCC(C)(N)C(=O)NC(C)c1cccc(OC(F)F)c1. The first-order valence-electron chi connectivity index (χ1n) is 6.91. The van der Waals surface area contributed by atoms with Gasteiger partial charge in [0.25, 0.3) is 0 Å². The lowest BCUT2D eigenvalue weighted by Crippen LogP contribution is -2.52. The van der Waals surface area contributed by atoms with Gasteiger partial charge in [-0.25, -0.2) is 0 Å². The molecule has 0 heterocycles. The summed E-state index contributed by atoms with van der Waals surface area (Å²) in [7, 11) is 0. The Bertz CT molecular complexity index is 478. The fraction of sp³-hybridized carbons (Fsp3) is 0.533. The number of nitrogens with two attached hydrogens (primary N) is 1. The molecule has 0 aliphatic carbocycles. The highest BCUT2D eigenvalue weighted by molar-refractivity contribution is 5.85. The van der Waals surface area contributed by atoms with Gasteiger partial charge in [-0.05, 0) is 38.0 Å². The summed E-state index contributed by atoms with van der Waals surface area (Å²) in [5.41, 5.74) is 5.69. The van der Waals surface area contributed by atoms with Gasteiger partial charge < -0.3 is 15.8 Å². The number of amides is 1. The van der Waals surface area contributed by atoms with E-state index in [1.807, 2.05) is 6.92 Å². The van der Waals surface area contributed by atoms with Crippen LogP contribution in [0, 0.1) is 0 Å². The van der Waals surface area contributed by atoms with Gasteiger partial charge in [-0.15, -0.1) is 0 Å². The summed E-state index contributed by atoms with van der Waals surface area (Å²) in [5.74, 6) is -0.204. The van der Waals surface area contributed by atoms with Gasteiger partial charge in [0.1, 0.15) is 5.75 Å². The Labute approximate surface area is 123 Å². The Morgan fingerprint density at radius 1 is 1.48 bits per heavy atom. The molecule has 1 amide bonds. The molecule has 1 aromatic carbocycles. The van der Waals surface area contributed by atoms with Crippen molar-refractivity contribution in [3.63, 3.8) is 0 Å². The average Bonchev–Trinajstić information content (AvgIpc) is 2.38. The molecule has 118 valence electrons. The standard InChI is InChI=1S/C15H22F2N2O2/c1-4-8-15(3,18)13(20)19-10(2)11-6-5-7-12(9-11)21-14(16)17/h5-7,9-10,14H,4,8,18H2,1-3H3,(H,19,20). The zero-order valence-electron chi connectivity index (χ0n) is 12.5.